The third-order valence-electron chi connectivity index (χ3n) is 3.14. The van der Waals surface area contributed by atoms with Gasteiger partial charge in [0.1, 0.15) is 4.88 Å². The van der Waals surface area contributed by atoms with Crippen LogP contribution in [0.5, 0.6) is 0 Å². The zero-order valence-electron chi connectivity index (χ0n) is 11.4. The van der Waals surface area contributed by atoms with Crippen LogP contribution in [0.25, 0.3) is 10.1 Å². The summed E-state index contributed by atoms with van der Waals surface area (Å²) in [5.41, 5.74) is 0.355. The van der Waals surface area contributed by atoms with Crippen LogP contribution in [-0.2, 0) is 4.74 Å². The molecule has 22 heavy (non-hydrogen) atoms. The summed E-state index contributed by atoms with van der Waals surface area (Å²) in [6.45, 7) is -0.323. The number of rotatable bonds is 4. The van der Waals surface area contributed by atoms with Crippen molar-refractivity contribution in [3.63, 3.8) is 0 Å². The number of ether oxygens (including phenoxy) is 1. The Labute approximate surface area is 136 Å². The largest absolute Gasteiger partial charge is 0.453 e. The molecule has 0 unspecified atom stereocenters. The van der Waals surface area contributed by atoms with E-state index >= 15 is 0 Å². The van der Waals surface area contributed by atoms with Gasteiger partial charge in [-0.3, -0.25) is 4.79 Å². The number of fused-ring (bicyclic) bond motifs is 1. The summed E-state index contributed by atoms with van der Waals surface area (Å²) in [6.07, 6.45) is 0. The third-order valence-corrected chi connectivity index (χ3v) is 4.56. The Bertz CT molecular complexity index is 821. The Balaban J connectivity index is 1.69. The van der Waals surface area contributed by atoms with Gasteiger partial charge in [0, 0.05) is 10.3 Å². The highest BCUT2D eigenvalue weighted by Crippen LogP contribution is 2.25. The van der Waals surface area contributed by atoms with E-state index in [2.05, 4.69) is 0 Å². The number of benzene rings is 2. The molecule has 0 aliphatic heterocycles. The van der Waals surface area contributed by atoms with E-state index in [9.17, 15) is 9.59 Å². The molecule has 0 spiro atoms. The maximum Gasteiger partial charge on any atom is 0.348 e. The van der Waals surface area contributed by atoms with E-state index in [-0.39, 0.29) is 12.4 Å². The molecule has 0 aliphatic rings. The normalized spacial score (nSPS) is 10.6. The average Bonchev–Trinajstić information content (AvgIpc) is 2.97. The van der Waals surface area contributed by atoms with E-state index in [0.29, 0.717) is 15.5 Å². The topological polar surface area (TPSA) is 43.4 Å². The summed E-state index contributed by atoms with van der Waals surface area (Å²) < 4.78 is 6.10. The standard InChI is InChI=1S/C17H11ClO3S/c18-13-7-3-2-6-12(13)14(19)10-21-17(20)16-9-11-5-1-4-8-15(11)22-16/h1-9H,10H2. The highest BCUT2D eigenvalue weighted by molar-refractivity contribution is 7.20. The van der Waals surface area contributed by atoms with Crippen LogP contribution < -0.4 is 0 Å². The van der Waals surface area contributed by atoms with Crippen LogP contribution in [0.4, 0.5) is 0 Å². The van der Waals surface area contributed by atoms with Gasteiger partial charge in [-0.1, -0.05) is 41.9 Å². The lowest BCUT2D eigenvalue weighted by atomic mass is 10.1. The molecule has 0 atom stereocenters. The highest BCUT2D eigenvalue weighted by Gasteiger charge is 2.15. The third kappa shape index (κ3) is 3.03. The molecule has 0 amide bonds. The number of thiophene rings is 1. The molecule has 1 aromatic heterocycles. The smallest absolute Gasteiger partial charge is 0.348 e. The van der Waals surface area contributed by atoms with Crippen molar-refractivity contribution in [2.24, 2.45) is 0 Å². The van der Waals surface area contributed by atoms with Gasteiger partial charge in [0.2, 0.25) is 5.78 Å². The van der Waals surface area contributed by atoms with Crippen molar-refractivity contribution >= 4 is 44.8 Å². The minimum atomic E-state index is -0.499. The van der Waals surface area contributed by atoms with Crippen LogP contribution in [0.15, 0.2) is 54.6 Å². The van der Waals surface area contributed by atoms with Gasteiger partial charge < -0.3 is 4.74 Å². The van der Waals surface area contributed by atoms with Gasteiger partial charge in [0.25, 0.3) is 0 Å². The zero-order chi connectivity index (χ0) is 15.5. The van der Waals surface area contributed by atoms with Crippen molar-refractivity contribution in [1.82, 2.24) is 0 Å². The van der Waals surface area contributed by atoms with Crippen LogP contribution in [-0.4, -0.2) is 18.4 Å². The fourth-order valence-corrected chi connectivity index (χ4v) is 3.25. The molecule has 0 N–H and O–H groups in total. The Kier molecular flexibility index (Phi) is 4.22. The number of ketones is 1. The molecular formula is C17H11ClO3S. The van der Waals surface area contributed by atoms with Gasteiger partial charge in [-0.2, -0.15) is 0 Å². The zero-order valence-corrected chi connectivity index (χ0v) is 13.0. The second-order valence-electron chi connectivity index (χ2n) is 4.63. The molecule has 0 saturated heterocycles. The second-order valence-corrected chi connectivity index (χ2v) is 6.12. The first kappa shape index (κ1) is 14.8. The average molecular weight is 331 g/mol. The summed E-state index contributed by atoms with van der Waals surface area (Å²) in [4.78, 5) is 24.5. The molecule has 0 radical (unpaired) electrons. The van der Waals surface area contributed by atoms with Gasteiger partial charge >= 0.3 is 5.97 Å². The first-order valence-electron chi connectivity index (χ1n) is 6.58. The quantitative estimate of drug-likeness (QED) is 0.519. The van der Waals surface area contributed by atoms with E-state index in [1.165, 1.54) is 11.3 Å². The first-order chi connectivity index (χ1) is 10.6. The van der Waals surface area contributed by atoms with Crippen LogP contribution in [0.2, 0.25) is 5.02 Å². The van der Waals surface area contributed by atoms with E-state index in [4.69, 9.17) is 16.3 Å². The molecule has 0 fully saturated rings. The number of esters is 1. The van der Waals surface area contributed by atoms with Gasteiger partial charge in [0.05, 0.1) is 5.02 Å². The number of hydrogen-bond acceptors (Lipinski definition) is 4. The molecular weight excluding hydrogens is 320 g/mol. The molecule has 0 aliphatic carbocycles. The van der Waals surface area contributed by atoms with Crippen molar-refractivity contribution < 1.29 is 14.3 Å². The van der Waals surface area contributed by atoms with Crippen LogP contribution in [0.1, 0.15) is 20.0 Å². The predicted octanol–water partition coefficient (Wildman–Crippen LogP) is 4.59. The summed E-state index contributed by atoms with van der Waals surface area (Å²) in [7, 11) is 0. The van der Waals surface area contributed by atoms with E-state index < -0.39 is 5.97 Å². The Morgan fingerprint density at radius 1 is 1.05 bits per heavy atom. The summed E-state index contributed by atoms with van der Waals surface area (Å²) >= 11 is 7.29. The Morgan fingerprint density at radius 3 is 2.55 bits per heavy atom. The maximum atomic E-state index is 12.0. The SMILES string of the molecule is O=C(OCC(=O)c1ccccc1Cl)c1cc2ccccc2s1. The fraction of sp³-hybridized carbons (Fsp3) is 0.0588. The van der Waals surface area contributed by atoms with Gasteiger partial charge in [0.15, 0.2) is 6.61 Å². The molecule has 5 heteroatoms. The monoisotopic (exact) mass is 330 g/mol. The number of carbonyl (C=O) groups is 2. The van der Waals surface area contributed by atoms with Gasteiger partial charge in [-0.25, -0.2) is 4.79 Å². The first-order valence-corrected chi connectivity index (χ1v) is 7.78. The Hall–Kier alpha value is -2.17. The Morgan fingerprint density at radius 2 is 1.77 bits per heavy atom. The van der Waals surface area contributed by atoms with Crippen molar-refractivity contribution in [2.45, 2.75) is 0 Å². The minimum Gasteiger partial charge on any atom is -0.453 e. The van der Waals surface area contributed by atoms with Crippen molar-refractivity contribution in [1.29, 1.82) is 0 Å². The van der Waals surface area contributed by atoms with E-state index in [1.807, 2.05) is 24.3 Å². The van der Waals surface area contributed by atoms with Crippen molar-refractivity contribution in [2.75, 3.05) is 6.61 Å². The molecule has 110 valence electrons. The van der Waals surface area contributed by atoms with Crippen LogP contribution in [0.3, 0.4) is 0 Å². The van der Waals surface area contributed by atoms with Crippen molar-refractivity contribution in [3.05, 3.63) is 70.1 Å². The molecule has 3 rings (SSSR count). The van der Waals surface area contributed by atoms with Crippen LogP contribution >= 0.6 is 22.9 Å². The van der Waals surface area contributed by atoms with E-state index in [0.717, 1.165) is 10.1 Å². The predicted molar refractivity (Wildman–Crippen MR) is 87.9 cm³/mol. The minimum absolute atomic E-state index is 0.319. The molecule has 0 saturated carbocycles. The number of hydrogen-bond donors (Lipinski definition) is 0. The highest BCUT2D eigenvalue weighted by atomic mass is 35.5. The van der Waals surface area contributed by atoms with Crippen molar-refractivity contribution in [3.8, 4) is 0 Å². The molecule has 1 heterocycles. The number of halogens is 1. The van der Waals surface area contributed by atoms with Crippen LogP contribution in [0, 0.1) is 0 Å². The number of carbonyl (C=O) groups excluding carboxylic acids is 2. The number of Topliss-reactive ketones (excluding diaryl/α,β-unsaturated/α-hetero) is 1. The maximum absolute atomic E-state index is 12.0. The molecule has 0 bridgehead atoms. The van der Waals surface area contributed by atoms with Gasteiger partial charge in [-0.15, -0.1) is 11.3 Å². The summed E-state index contributed by atoms with van der Waals surface area (Å²) in [5, 5.41) is 1.34. The summed E-state index contributed by atoms with van der Waals surface area (Å²) in [5.74, 6) is -0.818. The van der Waals surface area contributed by atoms with E-state index in [1.54, 1.807) is 30.3 Å². The summed E-state index contributed by atoms with van der Waals surface area (Å²) in [6, 6.07) is 16.1. The molecule has 2 aromatic carbocycles. The lowest BCUT2D eigenvalue weighted by Gasteiger charge is -2.04. The lowest BCUT2D eigenvalue weighted by Crippen LogP contribution is -2.13. The fourth-order valence-electron chi connectivity index (χ4n) is 2.05. The lowest BCUT2D eigenvalue weighted by molar-refractivity contribution is 0.0479. The molecule has 3 nitrogen and oxygen atoms in total. The van der Waals surface area contributed by atoms with Gasteiger partial charge in [-0.05, 0) is 29.7 Å². The second kappa shape index (κ2) is 6.30. The molecule has 3 aromatic rings.